The number of ether oxygens (including phenoxy) is 1. The first-order valence-corrected chi connectivity index (χ1v) is 8.65. The smallest absolute Gasteiger partial charge is 0.262 e. The summed E-state index contributed by atoms with van der Waals surface area (Å²) in [6.45, 7) is -0.543. The highest BCUT2D eigenvalue weighted by Gasteiger charge is 2.17. The van der Waals surface area contributed by atoms with Crippen LogP contribution < -0.4 is 10.1 Å². The monoisotopic (exact) mass is 388 g/mol. The van der Waals surface area contributed by atoms with Crippen LogP contribution in [0.5, 0.6) is 5.75 Å². The van der Waals surface area contributed by atoms with Crippen LogP contribution in [0.15, 0.2) is 41.3 Å². The van der Waals surface area contributed by atoms with E-state index in [9.17, 15) is 26.4 Å². The third-order valence-corrected chi connectivity index (χ3v) is 5.11. The molecule has 0 aliphatic rings. The maximum atomic E-state index is 13.5. The SMILES string of the molecule is CN(C)S(=O)(=O)c1ccc(OCC(=O)Nc2ccc(F)c(F)c2F)cc1. The maximum absolute atomic E-state index is 13.5. The standard InChI is InChI=1S/C16H15F3N2O4S/c1-21(2)26(23,24)11-5-3-10(4-6-11)25-9-14(22)20-13-8-7-12(17)15(18)16(13)19/h3-8H,9H2,1-2H3,(H,20,22). The predicted molar refractivity (Wildman–Crippen MR) is 87.8 cm³/mol. The highest BCUT2D eigenvalue weighted by Crippen LogP contribution is 2.20. The molecule has 0 atom stereocenters. The molecule has 26 heavy (non-hydrogen) atoms. The zero-order valence-corrected chi connectivity index (χ0v) is 14.6. The fraction of sp³-hybridized carbons (Fsp3) is 0.188. The van der Waals surface area contributed by atoms with E-state index >= 15 is 0 Å². The largest absolute Gasteiger partial charge is 0.484 e. The number of carbonyl (C=O) groups excluding carboxylic acids is 1. The van der Waals surface area contributed by atoms with E-state index in [1.807, 2.05) is 0 Å². The summed E-state index contributed by atoms with van der Waals surface area (Å²) < 4.78 is 69.5. The number of carbonyl (C=O) groups is 1. The number of hydrogen-bond acceptors (Lipinski definition) is 4. The second-order valence-electron chi connectivity index (χ2n) is 5.32. The molecule has 0 saturated carbocycles. The van der Waals surface area contributed by atoms with Crippen LogP contribution in [0.1, 0.15) is 0 Å². The lowest BCUT2D eigenvalue weighted by Crippen LogP contribution is -2.22. The Morgan fingerprint density at radius 1 is 1.04 bits per heavy atom. The number of anilines is 1. The first-order chi connectivity index (χ1) is 12.1. The normalized spacial score (nSPS) is 11.5. The number of benzene rings is 2. The average Bonchev–Trinajstić information content (AvgIpc) is 2.60. The van der Waals surface area contributed by atoms with E-state index in [0.29, 0.717) is 6.07 Å². The first-order valence-electron chi connectivity index (χ1n) is 7.21. The van der Waals surface area contributed by atoms with Crippen LogP contribution in [-0.2, 0) is 14.8 Å². The number of hydrogen-bond donors (Lipinski definition) is 1. The Balaban J connectivity index is 1.99. The minimum atomic E-state index is -3.59. The minimum absolute atomic E-state index is 0.0446. The molecule has 2 aromatic rings. The summed E-state index contributed by atoms with van der Waals surface area (Å²) in [5, 5.41) is 2.05. The molecule has 140 valence electrons. The van der Waals surface area contributed by atoms with Gasteiger partial charge in [-0.1, -0.05) is 0 Å². The minimum Gasteiger partial charge on any atom is -0.484 e. The number of amides is 1. The molecule has 0 aromatic heterocycles. The molecule has 0 fully saturated rings. The molecule has 0 radical (unpaired) electrons. The molecule has 0 bridgehead atoms. The van der Waals surface area contributed by atoms with Crippen LogP contribution >= 0.6 is 0 Å². The molecule has 1 N–H and O–H groups in total. The van der Waals surface area contributed by atoms with Crippen molar-refractivity contribution in [2.45, 2.75) is 4.90 Å². The summed E-state index contributed by atoms with van der Waals surface area (Å²) in [5.74, 6) is -5.19. The number of rotatable bonds is 6. The Morgan fingerprint density at radius 2 is 1.65 bits per heavy atom. The Kier molecular flexibility index (Phi) is 5.88. The van der Waals surface area contributed by atoms with E-state index in [-0.39, 0.29) is 10.6 Å². The molecular formula is C16H15F3N2O4S. The van der Waals surface area contributed by atoms with Crippen LogP contribution in [-0.4, -0.2) is 39.3 Å². The van der Waals surface area contributed by atoms with E-state index < -0.39 is 45.7 Å². The van der Waals surface area contributed by atoms with Crippen LogP contribution in [0, 0.1) is 17.5 Å². The van der Waals surface area contributed by atoms with Crippen molar-refractivity contribution in [2.24, 2.45) is 0 Å². The van der Waals surface area contributed by atoms with Crippen molar-refractivity contribution >= 4 is 21.6 Å². The van der Waals surface area contributed by atoms with Gasteiger partial charge in [0.1, 0.15) is 5.75 Å². The highest BCUT2D eigenvalue weighted by atomic mass is 32.2. The van der Waals surface area contributed by atoms with Crippen molar-refractivity contribution < 1.29 is 31.1 Å². The number of nitrogens with zero attached hydrogens (tertiary/aromatic N) is 1. The topological polar surface area (TPSA) is 75.7 Å². The molecule has 0 aliphatic heterocycles. The van der Waals surface area contributed by atoms with Gasteiger partial charge in [0.2, 0.25) is 10.0 Å². The molecule has 0 unspecified atom stereocenters. The number of sulfonamides is 1. The van der Waals surface area contributed by atoms with E-state index in [1.54, 1.807) is 0 Å². The quantitative estimate of drug-likeness (QED) is 0.771. The van der Waals surface area contributed by atoms with Crippen LogP contribution in [0.25, 0.3) is 0 Å². The van der Waals surface area contributed by atoms with E-state index in [2.05, 4.69) is 5.32 Å². The van der Waals surface area contributed by atoms with Crippen molar-refractivity contribution in [3.8, 4) is 5.75 Å². The molecule has 2 aromatic carbocycles. The van der Waals surface area contributed by atoms with Crippen LogP contribution in [0.4, 0.5) is 18.9 Å². The molecule has 0 heterocycles. The molecule has 2 rings (SSSR count). The summed E-state index contributed by atoms with van der Waals surface area (Å²) in [6.07, 6.45) is 0. The van der Waals surface area contributed by atoms with E-state index in [0.717, 1.165) is 10.4 Å². The molecule has 6 nitrogen and oxygen atoms in total. The Morgan fingerprint density at radius 3 is 2.23 bits per heavy atom. The average molecular weight is 388 g/mol. The molecule has 0 saturated heterocycles. The summed E-state index contributed by atoms with van der Waals surface area (Å²) in [7, 11) is -0.807. The maximum Gasteiger partial charge on any atom is 0.262 e. The summed E-state index contributed by atoms with van der Waals surface area (Å²) in [5.41, 5.74) is -0.523. The van der Waals surface area contributed by atoms with E-state index in [1.165, 1.54) is 38.4 Å². The van der Waals surface area contributed by atoms with E-state index in [4.69, 9.17) is 4.74 Å². The van der Waals surface area contributed by atoms with Crippen molar-refractivity contribution in [1.82, 2.24) is 4.31 Å². The second-order valence-corrected chi connectivity index (χ2v) is 7.47. The Bertz CT molecular complexity index is 916. The van der Waals surface area contributed by atoms with Gasteiger partial charge in [-0.3, -0.25) is 4.79 Å². The lowest BCUT2D eigenvalue weighted by molar-refractivity contribution is -0.118. The first kappa shape index (κ1) is 19.7. The third kappa shape index (κ3) is 4.33. The van der Waals surface area contributed by atoms with Crippen molar-refractivity contribution in [3.63, 3.8) is 0 Å². The Hall–Kier alpha value is -2.59. The molecular weight excluding hydrogens is 373 g/mol. The Labute approximate surface area is 148 Å². The van der Waals surface area contributed by atoms with Crippen molar-refractivity contribution in [2.75, 3.05) is 26.0 Å². The van der Waals surface area contributed by atoms with Gasteiger partial charge in [-0.15, -0.1) is 0 Å². The predicted octanol–water partition coefficient (Wildman–Crippen LogP) is 2.37. The fourth-order valence-corrected chi connectivity index (χ4v) is 2.78. The molecule has 10 heteroatoms. The summed E-state index contributed by atoms with van der Waals surface area (Å²) in [4.78, 5) is 11.8. The van der Waals surface area contributed by atoms with Gasteiger partial charge in [-0.05, 0) is 36.4 Å². The van der Waals surface area contributed by atoms with Crippen molar-refractivity contribution in [1.29, 1.82) is 0 Å². The molecule has 0 aliphatic carbocycles. The van der Waals surface area contributed by atoms with Crippen LogP contribution in [0.3, 0.4) is 0 Å². The molecule has 1 amide bonds. The van der Waals surface area contributed by atoms with Gasteiger partial charge in [0, 0.05) is 14.1 Å². The van der Waals surface area contributed by atoms with Crippen molar-refractivity contribution in [3.05, 3.63) is 53.8 Å². The van der Waals surface area contributed by atoms with Gasteiger partial charge in [0.15, 0.2) is 24.1 Å². The fourth-order valence-electron chi connectivity index (χ4n) is 1.88. The lowest BCUT2D eigenvalue weighted by Gasteiger charge is -2.12. The van der Waals surface area contributed by atoms with Gasteiger partial charge in [-0.2, -0.15) is 0 Å². The van der Waals surface area contributed by atoms with Gasteiger partial charge in [-0.25, -0.2) is 25.9 Å². The number of nitrogens with one attached hydrogen (secondary N) is 1. The lowest BCUT2D eigenvalue weighted by atomic mass is 10.3. The summed E-state index contributed by atoms with van der Waals surface area (Å²) in [6, 6.07) is 6.87. The zero-order valence-electron chi connectivity index (χ0n) is 13.8. The van der Waals surface area contributed by atoms with Gasteiger partial charge in [0.25, 0.3) is 5.91 Å². The summed E-state index contributed by atoms with van der Waals surface area (Å²) >= 11 is 0. The van der Waals surface area contributed by atoms with Crippen LogP contribution in [0.2, 0.25) is 0 Å². The third-order valence-electron chi connectivity index (χ3n) is 3.28. The second kappa shape index (κ2) is 7.75. The highest BCUT2D eigenvalue weighted by molar-refractivity contribution is 7.89. The van der Waals surface area contributed by atoms with Gasteiger partial charge in [0.05, 0.1) is 10.6 Å². The van der Waals surface area contributed by atoms with Gasteiger partial charge < -0.3 is 10.1 Å². The number of halogens is 3. The molecule has 0 spiro atoms. The van der Waals surface area contributed by atoms with Gasteiger partial charge >= 0.3 is 0 Å². The zero-order chi connectivity index (χ0) is 19.5.